The number of ether oxygens (including phenoxy) is 1. The lowest BCUT2D eigenvalue weighted by atomic mass is 10.3. The van der Waals surface area contributed by atoms with Crippen molar-refractivity contribution in [2.75, 3.05) is 19.5 Å². The third-order valence-electron chi connectivity index (χ3n) is 3.69. The topological polar surface area (TPSA) is 70.7 Å². The molecule has 25 heavy (non-hydrogen) atoms. The summed E-state index contributed by atoms with van der Waals surface area (Å²) in [5.74, 6) is 1.40. The normalized spacial score (nSPS) is 11.2. The summed E-state index contributed by atoms with van der Waals surface area (Å²) in [5, 5.41) is 18.0. The Morgan fingerprint density at radius 1 is 0.960 bits per heavy atom. The van der Waals surface area contributed by atoms with E-state index in [0.717, 1.165) is 27.6 Å². The SMILES string of the molecule is COCCSc1nnc(-n2nnc3ccccc32)n1-c1ccccc1. The number of methoxy groups -OCH3 is 1. The molecule has 0 saturated carbocycles. The van der Waals surface area contributed by atoms with Crippen LogP contribution in [0.3, 0.4) is 0 Å². The van der Waals surface area contributed by atoms with E-state index in [9.17, 15) is 0 Å². The Morgan fingerprint density at radius 2 is 1.76 bits per heavy atom. The highest BCUT2D eigenvalue weighted by molar-refractivity contribution is 7.99. The van der Waals surface area contributed by atoms with Crippen LogP contribution in [0.4, 0.5) is 0 Å². The maximum absolute atomic E-state index is 5.14. The molecule has 0 radical (unpaired) electrons. The van der Waals surface area contributed by atoms with Gasteiger partial charge in [-0.05, 0) is 24.3 Å². The minimum atomic E-state index is 0.611. The summed E-state index contributed by atoms with van der Waals surface area (Å²) in [5.41, 5.74) is 2.68. The molecular formula is C17H16N6OS. The number of aromatic nitrogens is 6. The van der Waals surface area contributed by atoms with Crippen molar-refractivity contribution in [3.63, 3.8) is 0 Å². The van der Waals surface area contributed by atoms with Crippen molar-refractivity contribution in [1.82, 2.24) is 29.8 Å². The fourth-order valence-electron chi connectivity index (χ4n) is 2.53. The predicted molar refractivity (Wildman–Crippen MR) is 96.4 cm³/mol. The maximum atomic E-state index is 5.14. The van der Waals surface area contributed by atoms with Gasteiger partial charge in [0.2, 0.25) is 0 Å². The predicted octanol–water partition coefficient (Wildman–Crippen LogP) is 2.74. The molecular weight excluding hydrogens is 336 g/mol. The van der Waals surface area contributed by atoms with Crippen LogP contribution < -0.4 is 0 Å². The van der Waals surface area contributed by atoms with Gasteiger partial charge in [0, 0.05) is 12.9 Å². The second kappa shape index (κ2) is 7.04. The fraction of sp³-hybridized carbons (Fsp3) is 0.176. The van der Waals surface area contributed by atoms with E-state index in [0.29, 0.717) is 12.6 Å². The first kappa shape index (κ1) is 15.8. The summed E-state index contributed by atoms with van der Waals surface area (Å²) in [6, 6.07) is 17.8. The smallest absolute Gasteiger partial charge is 0.259 e. The zero-order chi connectivity index (χ0) is 17.1. The minimum Gasteiger partial charge on any atom is -0.384 e. The van der Waals surface area contributed by atoms with Crippen LogP contribution >= 0.6 is 11.8 Å². The van der Waals surface area contributed by atoms with Crippen LogP contribution in [0.25, 0.3) is 22.7 Å². The number of nitrogens with zero attached hydrogens (tertiary/aromatic N) is 6. The zero-order valence-corrected chi connectivity index (χ0v) is 14.4. The molecule has 0 spiro atoms. The van der Waals surface area contributed by atoms with Gasteiger partial charge < -0.3 is 4.74 Å². The third kappa shape index (κ3) is 3.01. The molecule has 4 aromatic rings. The van der Waals surface area contributed by atoms with Crippen LogP contribution in [-0.4, -0.2) is 49.2 Å². The number of para-hydroxylation sites is 2. The summed E-state index contributed by atoms with van der Waals surface area (Å²) in [4.78, 5) is 0. The van der Waals surface area contributed by atoms with Crippen molar-refractivity contribution in [1.29, 1.82) is 0 Å². The van der Waals surface area contributed by atoms with Gasteiger partial charge in [-0.25, -0.2) is 0 Å². The molecule has 0 amide bonds. The molecule has 0 N–H and O–H groups in total. The Bertz CT molecular complexity index is 981. The lowest BCUT2D eigenvalue weighted by Gasteiger charge is -2.09. The molecule has 0 saturated heterocycles. The average molecular weight is 352 g/mol. The van der Waals surface area contributed by atoms with Crippen molar-refractivity contribution in [3.8, 4) is 11.6 Å². The monoisotopic (exact) mass is 352 g/mol. The molecule has 2 heterocycles. The summed E-state index contributed by atoms with van der Waals surface area (Å²) in [7, 11) is 1.69. The molecule has 8 heteroatoms. The van der Waals surface area contributed by atoms with E-state index in [1.807, 2.05) is 59.2 Å². The van der Waals surface area contributed by atoms with E-state index < -0.39 is 0 Å². The number of rotatable bonds is 6. The van der Waals surface area contributed by atoms with Gasteiger partial charge in [0.25, 0.3) is 5.95 Å². The summed E-state index contributed by atoms with van der Waals surface area (Å²) in [6.07, 6.45) is 0. The lowest BCUT2D eigenvalue weighted by Crippen LogP contribution is -2.08. The van der Waals surface area contributed by atoms with Crippen LogP contribution in [0.1, 0.15) is 0 Å². The van der Waals surface area contributed by atoms with Crippen molar-refractivity contribution in [2.45, 2.75) is 5.16 Å². The highest BCUT2D eigenvalue weighted by Crippen LogP contribution is 2.25. The van der Waals surface area contributed by atoms with Gasteiger partial charge >= 0.3 is 0 Å². The Balaban J connectivity index is 1.85. The van der Waals surface area contributed by atoms with Crippen LogP contribution in [0.2, 0.25) is 0 Å². The molecule has 0 bridgehead atoms. The number of hydrogen-bond donors (Lipinski definition) is 0. The largest absolute Gasteiger partial charge is 0.384 e. The Hall–Kier alpha value is -2.71. The molecule has 0 atom stereocenters. The first-order valence-corrected chi connectivity index (χ1v) is 8.80. The quantitative estimate of drug-likeness (QED) is 0.392. The van der Waals surface area contributed by atoms with Gasteiger partial charge in [-0.2, -0.15) is 4.68 Å². The Kier molecular flexibility index (Phi) is 4.45. The highest BCUT2D eigenvalue weighted by atomic mass is 32.2. The van der Waals surface area contributed by atoms with Crippen molar-refractivity contribution < 1.29 is 4.74 Å². The molecule has 2 aromatic heterocycles. The number of thioether (sulfide) groups is 1. The second-order valence-corrected chi connectivity index (χ2v) is 6.35. The fourth-order valence-corrected chi connectivity index (χ4v) is 3.38. The molecule has 0 unspecified atom stereocenters. The first-order chi connectivity index (χ1) is 12.4. The van der Waals surface area contributed by atoms with E-state index in [1.165, 1.54) is 0 Å². The molecule has 0 fully saturated rings. The lowest BCUT2D eigenvalue weighted by molar-refractivity contribution is 0.218. The summed E-state index contributed by atoms with van der Waals surface area (Å²) in [6.45, 7) is 0.647. The second-order valence-electron chi connectivity index (χ2n) is 5.28. The zero-order valence-electron chi connectivity index (χ0n) is 13.6. The summed E-state index contributed by atoms with van der Waals surface area (Å²) < 4.78 is 8.85. The molecule has 0 aliphatic heterocycles. The third-order valence-corrected chi connectivity index (χ3v) is 4.58. The van der Waals surface area contributed by atoms with E-state index in [4.69, 9.17) is 4.74 Å². The van der Waals surface area contributed by atoms with Gasteiger partial charge in [0.1, 0.15) is 5.52 Å². The van der Waals surface area contributed by atoms with Crippen LogP contribution in [0, 0.1) is 0 Å². The minimum absolute atomic E-state index is 0.611. The van der Waals surface area contributed by atoms with Gasteiger partial charge in [-0.15, -0.1) is 15.3 Å². The van der Waals surface area contributed by atoms with Gasteiger partial charge in [-0.1, -0.05) is 47.3 Å². The van der Waals surface area contributed by atoms with E-state index >= 15 is 0 Å². The van der Waals surface area contributed by atoms with Crippen molar-refractivity contribution in [2.24, 2.45) is 0 Å². The molecule has 0 aliphatic rings. The Labute approximate surface area is 148 Å². The van der Waals surface area contributed by atoms with Gasteiger partial charge in [-0.3, -0.25) is 4.57 Å². The van der Waals surface area contributed by atoms with Crippen molar-refractivity contribution >= 4 is 22.8 Å². The number of benzene rings is 2. The van der Waals surface area contributed by atoms with E-state index in [2.05, 4.69) is 20.5 Å². The highest BCUT2D eigenvalue weighted by Gasteiger charge is 2.18. The average Bonchev–Trinajstić information content (AvgIpc) is 3.26. The van der Waals surface area contributed by atoms with Crippen LogP contribution in [0.5, 0.6) is 0 Å². The van der Waals surface area contributed by atoms with Gasteiger partial charge in [0.05, 0.1) is 17.8 Å². The van der Waals surface area contributed by atoms with Crippen LogP contribution in [-0.2, 0) is 4.74 Å². The van der Waals surface area contributed by atoms with Crippen LogP contribution in [0.15, 0.2) is 59.8 Å². The van der Waals surface area contributed by atoms with E-state index in [-0.39, 0.29) is 0 Å². The number of fused-ring (bicyclic) bond motifs is 1. The Morgan fingerprint density at radius 3 is 2.60 bits per heavy atom. The molecule has 4 rings (SSSR count). The molecule has 126 valence electrons. The molecule has 7 nitrogen and oxygen atoms in total. The first-order valence-electron chi connectivity index (χ1n) is 7.82. The van der Waals surface area contributed by atoms with E-state index in [1.54, 1.807) is 23.6 Å². The molecule has 2 aromatic carbocycles. The maximum Gasteiger partial charge on any atom is 0.259 e. The summed E-state index contributed by atoms with van der Waals surface area (Å²) >= 11 is 1.59. The van der Waals surface area contributed by atoms with Gasteiger partial charge in [0.15, 0.2) is 5.16 Å². The molecule has 0 aliphatic carbocycles. The van der Waals surface area contributed by atoms with Crippen molar-refractivity contribution in [3.05, 3.63) is 54.6 Å². The number of hydrogen-bond acceptors (Lipinski definition) is 6. The standard InChI is InChI=1S/C17H16N6OS/c1-24-11-12-25-17-20-19-16(22(17)13-7-3-2-4-8-13)23-15-10-6-5-9-14(15)18-21-23/h2-10H,11-12H2,1H3.